The summed E-state index contributed by atoms with van der Waals surface area (Å²) in [4.78, 5) is 14.4. The van der Waals surface area contributed by atoms with Crippen LogP contribution in [0.25, 0.3) is 5.69 Å². The monoisotopic (exact) mass is 287 g/mol. The van der Waals surface area contributed by atoms with E-state index in [2.05, 4.69) is 15.5 Å². The van der Waals surface area contributed by atoms with Crippen LogP contribution in [0.4, 0.5) is 0 Å². The molecule has 1 aromatic heterocycles. The molecule has 1 aliphatic heterocycles. The van der Waals surface area contributed by atoms with E-state index in [9.17, 15) is 4.79 Å². The molecule has 2 atom stereocenters. The first kappa shape index (κ1) is 13.7. The van der Waals surface area contributed by atoms with Crippen molar-refractivity contribution in [2.75, 3.05) is 13.1 Å². The molecule has 1 aromatic carbocycles. The summed E-state index contributed by atoms with van der Waals surface area (Å²) in [5.41, 5.74) is 1.48. The van der Waals surface area contributed by atoms with Crippen molar-refractivity contribution in [2.45, 2.75) is 26.1 Å². The highest BCUT2D eigenvalue weighted by Crippen LogP contribution is 2.15. The van der Waals surface area contributed by atoms with Crippen LogP contribution in [0.15, 0.2) is 30.6 Å². The minimum Gasteiger partial charge on any atom is -0.372 e. The first-order valence-corrected chi connectivity index (χ1v) is 6.91. The Bertz CT molecular complexity index is 601. The van der Waals surface area contributed by atoms with Gasteiger partial charge in [0.25, 0.3) is 5.91 Å². The molecule has 1 saturated heterocycles. The van der Waals surface area contributed by atoms with Gasteiger partial charge in [-0.15, -0.1) is 5.10 Å². The average molecular weight is 287 g/mol. The second-order valence-electron chi connectivity index (χ2n) is 5.27. The summed E-state index contributed by atoms with van der Waals surface area (Å²) >= 11 is 0. The molecule has 0 aliphatic carbocycles. The van der Waals surface area contributed by atoms with Gasteiger partial charge in [0.1, 0.15) is 6.33 Å². The number of aromatic nitrogens is 4. The summed E-state index contributed by atoms with van der Waals surface area (Å²) in [7, 11) is 0. The van der Waals surface area contributed by atoms with Gasteiger partial charge in [-0.2, -0.15) is 0 Å². The maximum Gasteiger partial charge on any atom is 0.254 e. The van der Waals surface area contributed by atoms with E-state index in [-0.39, 0.29) is 18.1 Å². The van der Waals surface area contributed by atoms with E-state index in [0.29, 0.717) is 18.7 Å². The molecule has 1 amide bonds. The summed E-state index contributed by atoms with van der Waals surface area (Å²) in [6, 6.07) is 7.25. The smallest absolute Gasteiger partial charge is 0.254 e. The number of amides is 1. The molecule has 7 nitrogen and oxygen atoms in total. The summed E-state index contributed by atoms with van der Waals surface area (Å²) < 4.78 is 7.20. The third kappa shape index (κ3) is 2.92. The van der Waals surface area contributed by atoms with Crippen molar-refractivity contribution in [2.24, 2.45) is 0 Å². The molecule has 1 fully saturated rings. The minimum absolute atomic E-state index is 0.0280. The zero-order valence-electron chi connectivity index (χ0n) is 12.0. The number of rotatable bonds is 2. The van der Waals surface area contributed by atoms with Gasteiger partial charge in [0.05, 0.1) is 17.9 Å². The largest absolute Gasteiger partial charge is 0.372 e. The van der Waals surface area contributed by atoms with Crippen LogP contribution in [0.2, 0.25) is 0 Å². The maximum atomic E-state index is 12.5. The Balaban J connectivity index is 1.76. The molecule has 7 heteroatoms. The lowest BCUT2D eigenvalue weighted by Crippen LogP contribution is -2.48. The molecule has 0 N–H and O–H groups in total. The first-order valence-electron chi connectivity index (χ1n) is 6.91. The van der Waals surface area contributed by atoms with Gasteiger partial charge in [-0.05, 0) is 48.5 Å². The standard InChI is InChI=1S/C14H17N5O2/c1-10-7-18(8-11(2)21-10)14(20)12-3-5-13(6-4-12)19-9-15-16-17-19/h3-6,9-11H,7-8H2,1-2H3/t10-,11+. The van der Waals surface area contributed by atoms with Gasteiger partial charge in [0.15, 0.2) is 0 Å². The van der Waals surface area contributed by atoms with E-state index in [1.54, 1.807) is 16.8 Å². The number of tetrazole rings is 1. The summed E-state index contributed by atoms with van der Waals surface area (Å²) in [6.07, 6.45) is 1.65. The molecule has 3 rings (SSSR count). The van der Waals surface area contributed by atoms with Crippen molar-refractivity contribution in [3.63, 3.8) is 0 Å². The van der Waals surface area contributed by atoms with Crippen LogP contribution < -0.4 is 0 Å². The number of carbonyl (C=O) groups is 1. The second kappa shape index (κ2) is 5.61. The Kier molecular flexibility index (Phi) is 3.66. The fourth-order valence-electron chi connectivity index (χ4n) is 2.56. The number of carbonyl (C=O) groups excluding carboxylic acids is 1. The molecular weight excluding hydrogens is 270 g/mol. The lowest BCUT2D eigenvalue weighted by molar-refractivity contribution is -0.0586. The number of morpholine rings is 1. The molecule has 0 radical (unpaired) electrons. The van der Waals surface area contributed by atoms with E-state index in [0.717, 1.165) is 5.69 Å². The maximum absolute atomic E-state index is 12.5. The van der Waals surface area contributed by atoms with E-state index >= 15 is 0 Å². The van der Waals surface area contributed by atoms with Crippen LogP contribution >= 0.6 is 0 Å². The van der Waals surface area contributed by atoms with Gasteiger partial charge >= 0.3 is 0 Å². The fraction of sp³-hybridized carbons (Fsp3) is 0.429. The summed E-state index contributed by atoms with van der Waals surface area (Å²) in [6.45, 7) is 5.21. The van der Waals surface area contributed by atoms with Crippen molar-refractivity contribution in [1.82, 2.24) is 25.1 Å². The summed E-state index contributed by atoms with van der Waals surface area (Å²) in [5, 5.41) is 11.0. The quantitative estimate of drug-likeness (QED) is 0.821. The van der Waals surface area contributed by atoms with Gasteiger partial charge in [-0.3, -0.25) is 4.79 Å². The highest BCUT2D eigenvalue weighted by Gasteiger charge is 2.26. The third-order valence-corrected chi connectivity index (χ3v) is 3.43. The Hall–Kier alpha value is -2.28. The van der Waals surface area contributed by atoms with Gasteiger partial charge in [0, 0.05) is 18.7 Å². The lowest BCUT2D eigenvalue weighted by atomic mass is 10.1. The van der Waals surface area contributed by atoms with E-state index in [4.69, 9.17) is 4.74 Å². The van der Waals surface area contributed by atoms with Gasteiger partial charge in [-0.1, -0.05) is 0 Å². The second-order valence-corrected chi connectivity index (χ2v) is 5.27. The van der Waals surface area contributed by atoms with Crippen LogP contribution in [-0.2, 0) is 4.74 Å². The van der Waals surface area contributed by atoms with Crippen molar-refractivity contribution >= 4 is 5.91 Å². The fourth-order valence-corrected chi connectivity index (χ4v) is 2.56. The van der Waals surface area contributed by atoms with Crippen molar-refractivity contribution in [3.8, 4) is 5.69 Å². The van der Waals surface area contributed by atoms with Crippen molar-refractivity contribution in [1.29, 1.82) is 0 Å². The molecule has 21 heavy (non-hydrogen) atoms. The molecule has 110 valence electrons. The topological polar surface area (TPSA) is 73.1 Å². The molecule has 2 aromatic rings. The normalized spacial score (nSPS) is 22.3. The van der Waals surface area contributed by atoms with E-state index in [1.165, 1.54) is 6.33 Å². The van der Waals surface area contributed by atoms with Crippen molar-refractivity contribution < 1.29 is 9.53 Å². The number of hydrogen-bond acceptors (Lipinski definition) is 5. The Morgan fingerprint density at radius 2 is 1.86 bits per heavy atom. The van der Waals surface area contributed by atoms with Crippen LogP contribution in [0, 0.1) is 0 Å². The van der Waals surface area contributed by atoms with E-state index < -0.39 is 0 Å². The third-order valence-electron chi connectivity index (χ3n) is 3.43. The van der Waals surface area contributed by atoms with E-state index in [1.807, 2.05) is 30.9 Å². The molecule has 0 spiro atoms. The van der Waals surface area contributed by atoms with Gasteiger partial charge < -0.3 is 9.64 Å². The van der Waals surface area contributed by atoms with Crippen LogP contribution in [0.5, 0.6) is 0 Å². The van der Waals surface area contributed by atoms with Crippen LogP contribution in [-0.4, -0.2) is 56.3 Å². The SMILES string of the molecule is C[C@@H]1CN(C(=O)c2ccc(-n3cnnn3)cc2)C[C@H](C)O1. The van der Waals surface area contributed by atoms with Crippen LogP contribution in [0.1, 0.15) is 24.2 Å². The minimum atomic E-state index is 0.0280. The zero-order valence-corrected chi connectivity index (χ0v) is 12.0. The average Bonchev–Trinajstić information content (AvgIpc) is 3.00. The highest BCUT2D eigenvalue weighted by molar-refractivity contribution is 5.94. The predicted molar refractivity (Wildman–Crippen MR) is 75.1 cm³/mol. The first-order chi connectivity index (χ1) is 10.1. The van der Waals surface area contributed by atoms with Crippen LogP contribution in [0.3, 0.4) is 0 Å². The number of ether oxygens (including phenoxy) is 1. The van der Waals surface area contributed by atoms with Gasteiger partial charge in [-0.25, -0.2) is 4.68 Å². The molecule has 2 heterocycles. The summed E-state index contributed by atoms with van der Waals surface area (Å²) in [5.74, 6) is 0.0280. The predicted octanol–water partition coefficient (Wildman–Crippen LogP) is 0.912. The highest BCUT2D eigenvalue weighted by atomic mass is 16.5. The Morgan fingerprint density at radius 1 is 1.19 bits per heavy atom. The number of nitrogens with zero attached hydrogens (tertiary/aromatic N) is 5. The lowest BCUT2D eigenvalue weighted by Gasteiger charge is -2.35. The molecule has 0 bridgehead atoms. The van der Waals surface area contributed by atoms with Crippen molar-refractivity contribution in [3.05, 3.63) is 36.2 Å². The molecule has 0 saturated carbocycles. The molecular formula is C14H17N5O2. The molecule has 1 aliphatic rings. The zero-order chi connectivity index (χ0) is 14.8. The Morgan fingerprint density at radius 3 is 2.43 bits per heavy atom. The number of hydrogen-bond donors (Lipinski definition) is 0. The Labute approximate surface area is 122 Å². The van der Waals surface area contributed by atoms with Gasteiger partial charge in [0.2, 0.25) is 0 Å². The number of benzene rings is 1. The molecule has 0 unspecified atom stereocenters.